The smallest absolute Gasteiger partial charge is 0.479 e. The van der Waals surface area contributed by atoms with E-state index in [9.17, 15) is 37.1 Å². The summed E-state index contributed by atoms with van der Waals surface area (Å²) in [6, 6.07) is 14.0. The first-order valence-electron chi connectivity index (χ1n) is 11.8. The van der Waals surface area contributed by atoms with Gasteiger partial charge in [0.25, 0.3) is 0 Å². The molecule has 224 valence electrons. The number of carboxylic acids is 2. The Bertz CT molecular complexity index is 1470. The molecule has 0 saturated heterocycles. The van der Waals surface area contributed by atoms with Gasteiger partial charge in [-0.3, -0.25) is 10.2 Å². The fourth-order valence-corrected chi connectivity index (χ4v) is 4.37. The van der Waals surface area contributed by atoms with Crippen LogP contribution >= 0.6 is 11.3 Å². The maximum atomic E-state index is 14.2. The van der Waals surface area contributed by atoms with Crippen LogP contribution in [-0.2, 0) is 20.8 Å². The van der Waals surface area contributed by atoms with E-state index in [0.717, 1.165) is 17.4 Å². The molecule has 0 aliphatic rings. The number of rotatable bonds is 9. The van der Waals surface area contributed by atoms with E-state index < -0.39 is 47.3 Å². The van der Waals surface area contributed by atoms with Crippen molar-refractivity contribution in [1.29, 1.82) is 5.41 Å². The molecule has 0 aliphatic heterocycles. The molecule has 3 aromatic rings. The van der Waals surface area contributed by atoms with Crippen molar-refractivity contribution in [2.24, 2.45) is 11.1 Å². The minimum atomic E-state index is -5.08. The number of nitrogen functional groups attached to an aromatic ring is 1. The second-order valence-corrected chi connectivity index (χ2v) is 10.4. The monoisotopic (exact) mass is 611 g/mol. The van der Waals surface area contributed by atoms with Gasteiger partial charge in [0.2, 0.25) is 5.91 Å². The molecule has 0 saturated carbocycles. The molecule has 15 heteroatoms. The van der Waals surface area contributed by atoms with Crippen molar-refractivity contribution in [2.75, 3.05) is 0 Å². The van der Waals surface area contributed by atoms with E-state index in [1.807, 2.05) is 0 Å². The van der Waals surface area contributed by atoms with Gasteiger partial charge in [0.15, 0.2) is 17.6 Å². The standard InChI is InChI=1S/C25H24FN3O5S.C2HF3O2/c1-25(2,24(33)29-20(22(30)31)14-6-4-3-5-7-14)13-16-9-11-19(35-16)23(32)34-18-10-8-15(21(27)28)12-17(18)26;3-2(4,5)1(6)7/h3-12,20H,13H2,1-2H3,(H3,27,28)(H,29,33)(H,30,31);(H,6,7)/t20-;/m0./s1. The highest BCUT2D eigenvalue weighted by Gasteiger charge is 2.38. The Hall–Kier alpha value is -4.79. The summed E-state index contributed by atoms with van der Waals surface area (Å²) >= 11 is 1.09. The number of hydrogen-bond acceptors (Lipinski definition) is 7. The van der Waals surface area contributed by atoms with Crippen LogP contribution in [0.1, 0.15) is 45.6 Å². The normalized spacial score (nSPS) is 11.9. The van der Waals surface area contributed by atoms with Gasteiger partial charge in [-0.05, 0) is 42.3 Å². The Morgan fingerprint density at radius 1 is 1.02 bits per heavy atom. The number of amides is 1. The highest BCUT2D eigenvalue weighted by Crippen LogP contribution is 2.29. The molecule has 10 nitrogen and oxygen atoms in total. The van der Waals surface area contributed by atoms with E-state index in [-0.39, 0.29) is 28.4 Å². The Morgan fingerprint density at radius 3 is 2.12 bits per heavy atom. The Morgan fingerprint density at radius 2 is 1.62 bits per heavy atom. The van der Waals surface area contributed by atoms with Gasteiger partial charge in [-0.15, -0.1) is 11.3 Å². The van der Waals surface area contributed by atoms with Crippen molar-refractivity contribution in [3.05, 3.63) is 87.4 Å². The van der Waals surface area contributed by atoms with E-state index >= 15 is 0 Å². The van der Waals surface area contributed by atoms with E-state index in [0.29, 0.717) is 10.4 Å². The zero-order valence-corrected chi connectivity index (χ0v) is 22.8. The molecule has 0 unspecified atom stereocenters. The lowest BCUT2D eigenvalue weighted by molar-refractivity contribution is -0.192. The number of carbonyl (C=O) groups is 4. The van der Waals surface area contributed by atoms with Crippen LogP contribution in [0.15, 0.2) is 60.7 Å². The molecule has 42 heavy (non-hydrogen) atoms. The zero-order valence-electron chi connectivity index (χ0n) is 22.0. The fourth-order valence-electron chi connectivity index (χ4n) is 3.26. The second-order valence-electron chi connectivity index (χ2n) is 9.23. The Balaban J connectivity index is 0.000000782. The number of esters is 1. The first kappa shape index (κ1) is 33.4. The molecule has 1 aromatic heterocycles. The molecular formula is C27H25F4N3O7S. The first-order chi connectivity index (χ1) is 19.4. The largest absolute Gasteiger partial charge is 0.490 e. The summed E-state index contributed by atoms with van der Waals surface area (Å²) in [5.41, 5.74) is 4.96. The average molecular weight is 612 g/mol. The summed E-state index contributed by atoms with van der Waals surface area (Å²) < 4.78 is 51.0. The quantitative estimate of drug-likeness (QED) is 0.0769. The lowest BCUT2D eigenvalue weighted by atomic mass is 9.87. The number of carbonyl (C=O) groups excluding carboxylic acids is 2. The second kappa shape index (κ2) is 13.7. The molecule has 2 aromatic carbocycles. The highest BCUT2D eigenvalue weighted by atomic mass is 32.1. The predicted octanol–water partition coefficient (Wildman–Crippen LogP) is 4.53. The summed E-state index contributed by atoms with van der Waals surface area (Å²) in [7, 11) is 0. The van der Waals surface area contributed by atoms with Crippen LogP contribution in [-0.4, -0.2) is 46.0 Å². The summed E-state index contributed by atoms with van der Waals surface area (Å²) in [5, 5.41) is 26.6. The molecule has 1 heterocycles. The van der Waals surface area contributed by atoms with Crippen LogP contribution in [0.25, 0.3) is 0 Å². The molecule has 0 aliphatic carbocycles. The minimum Gasteiger partial charge on any atom is -0.479 e. The topological polar surface area (TPSA) is 180 Å². The summed E-state index contributed by atoms with van der Waals surface area (Å²) in [5.74, 6) is -6.60. The number of hydrogen-bond donors (Lipinski definition) is 5. The molecule has 6 N–H and O–H groups in total. The van der Waals surface area contributed by atoms with Crippen molar-refractivity contribution in [3.63, 3.8) is 0 Å². The van der Waals surface area contributed by atoms with Crippen molar-refractivity contribution >= 4 is 41.0 Å². The van der Waals surface area contributed by atoms with Gasteiger partial charge in [0.05, 0.1) is 0 Å². The maximum Gasteiger partial charge on any atom is 0.490 e. The number of benzene rings is 2. The van der Waals surface area contributed by atoms with Crippen molar-refractivity contribution < 1.29 is 51.7 Å². The van der Waals surface area contributed by atoms with Gasteiger partial charge < -0.3 is 26.0 Å². The van der Waals surface area contributed by atoms with Gasteiger partial charge in [-0.2, -0.15) is 13.2 Å². The van der Waals surface area contributed by atoms with Gasteiger partial charge in [0.1, 0.15) is 10.7 Å². The van der Waals surface area contributed by atoms with Crippen LogP contribution in [0.2, 0.25) is 0 Å². The van der Waals surface area contributed by atoms with Gasteiger partial charge >= 0.3 is 24.1 Å². The number of halogens is 4. The average Bonchev–Trinajstić information content (AvgIpc) is 3.36. The van der Waals surface area contributed by atoms with Gasteiger partial charge in [-0.25, -0.2) is 18.8 Å². The number of ether oxygens (including phenoxy) is 1. The first-order valence-corrected chi connectivity index (χ1v) is 12.6. The van der Waals surface area contributed by atoms with Crippen molar-refractivity contribution in [1.82, 2.24) is 5.32 Å². The number of nitrogens with one attached hydrogen (secondary N) is 2. The number of thiophene rings is 1. The molecule has 1 atom stereocenters. The van der Waals surface area contributed by atoms with Gasteiger partial charge in [-0.1, -0.05) is 44.2 Å². The number of carboxylic acid groups (broad SMARTS) is 2. The van der Waals surface area contributed by atoms with E-state index in [1.165, 1.54) is 18.2 Å². The molecule has 0 radical (unpaired) electrons. The highest BCUT2D eigenvalue weighted by molar-refractivity contribution is 7.14. The number of aliphatic carboxylic acids is 2. The Labute approximate surface area is 240 Å². The van der Waals surface area contributed by atoms with Crippen LogP contribution < -0.4 is 15.8 Å². The number of nitrogens with two attached hydrogens (primary N) is 1. The summed E-state index contributed by atoms with van der Waals surface area (Å²) in [4.78, 5) is 46.9. The van der Waals surface area contributed by atoms with E-state index in [4.69, 9.17) is 25.8 Å². The molecule has 3 rings (SSSR count). The lowest BCUT2D eigenvalue weighted by Crippen LogP contribution is -2.42. The minimum absolute atomic E-state index is 0.165. The molecular weight excluding hydrogens is 586 g/mol. The number of alkyl halides is 3. The molecule has 0 bridgehead atoms. The van der Waals surface area contributed by atoms with Crippen LogP contribution in [0.5, 0.6) is 5.75 Å². The molecule has 0 spiro atoms. The predicted molar refractivity (Wildman–Crippen MR) is 143 cm³/mol. The summed E-state index contributed by atoms with van der Waals surface area (Å²) in [6.45, 7) is 3.35. The van der Waals surface area contributed by atoms with Crippen LogP contribution in [0, 0.1) is 16.6 Å². The number of amidine groups is 1. The van der Waals surface area contributed by atoms with Gasteiger partial charge in [0, 0.05) is 15.9 Å². The Kier molecular flexibility index (Phi) is 10.9. The zero-order chi connectivity index (χ0) is 31.8. The van der Waals surface area contributed by atoms with Crippen molar-refractivity contribution in [3.8, 4) is 5.75 Å². The molecule has 0 fully saturated rings. The fraction of sp³-hybridized carbons (Fsp3) is 0.222. The van der Waals surface area contributed by atoms with Crippen LogP contribution in [0.4, 0.5) is 17.6 Å². The lowest BCUT2D eigenvalue weighted by Gasteiger charge is -2.25. The van der Waals surface area contributed by atoms with Crippen molar-refractivity contribution in [2.45, 2.75) is 32.5 Å². The SMILES string of the molecule is CC(C)(Cc1ccc(C(=O)Oc2ccc(C(=N)N)cc2F)s1)C(=O)N[C@H](C(=O)O)c1ccccc1.O=C(O)C(F)(F)F. The maximum absolute atomic E-state index is 14.2. The third-order valence-corrected chi connectivity index (χ3v) is 6.50. The molecule has 1 amide bonds. The summed E-state index contributed by atoms with van der Waals surface area (Å²) in [6.07, 6.45) is -4.85. The van der Waals surface area contributed by atoms with E-state index in [1.54, 1.807) is 50.2 Å². The third kappa shape index (κ3) is 9.40. The third-order valence-electron chi connectivity index (χ3n) is 5.44. The van der Waals surface area contributed by atoms with E-state index in [2.05, 4.69) is 5.32 Å². The van der Waals surface area contributed by atoms with Crippen LogP contribution in [0.3, 0.4) is 0 Å².